The van der Waals surface area contributed by atoms with E-state index in [1.165, 1.54) is 31.1 Å². The number of hydrogen-bond donors (Lipinski definition) is 1. The quantitative estimate of drug-likeness (QED) is 0.0902. The first kappa shape index (κ1) is 33.4. The second-order valence-electron chi connectivity index (χ2n) is 9.82. The molecule has 234 valence electrons. The molecule has 1 aliphatic heterocycles. The Morgan fingerprint density at radius 2 is 1.65 bits per heavy atom. The summed E-state index contributed by atoms with van der Waals surface area (Å²) in [7, 11) is 1.41. The topological polar surface area (TPSA) is 114 Å². The minimum absolute atomic E-state index is 0.0582. The van der Waals surface area contributed by atoms with Crippen LogP contribution in [-0.4, -0.2) is 46.6 Å². The van der Waals surface area contributed by atoms with Crippen molar-refractivity contribution in [1.82, 2.24) is 10.2 Å². The number of methoxy groups -OCH3 is 1. The first-order valence-corrected chi connectivity index (χ1v) is 15.3. The molecule has 0 saturated carbocycles. The van der Waals surface area contributed by atoms with Crippen LogP contribution in [0.3, 0.4) is 0 Å². The average Bonchev–Trinajstić information content (AvgIpc) is 3.06. The van der Waals surface area contributed by atoms with Crippen molar-refractivity contribution in [3.05, 3.63) is 138 Å². The van der Waals surface area contributed by atoms with Crippen molar-refractivity contribution in [2.24, 2.45) is 4.99 Å². The Balaban J connectivity index is 1.63. The molecule has 46 heavy (non-hydrogen) atoms. The van der Waals surface area contributed by atoms with Gasteiger partial charge >= 0.3 is 5.97 Å². The molecule has 0 spiro atoms. The van der Waals surface area contributed by atoms with Crippen LogP contribution in [0.4, 0.5) is 0 Å². The van der Waals surface area contributed by atoms with E-state index >= 15 is 0 Å². The van der Waals surface area contributed by atoms with Crippen molar-refractivity contribution in [2.75, 3.05) is 12.9 Å². The summed E-state index contributed by atoms with van der Waals surface area (Å²) < 4.78 is 10.5. The Kier molecular flexibility index (Phi) is 11.6. The molecule has 0 fully saturated rings. The molecule has 0 saturated heterocycles. The first-order valence-electron chi connectivity index (χ1n) is 14.3. The smallest absolute Gasteiger partial charge is 0.308 e. The number of aliphatic imine (C=N–C) groups is 1. The number of rotatable bonds is 11. The van der Waals surface area contributed by atoms with Crippen LogP contribution in [0.1, 0.15) is 36.6 Å². The predicted octanol–water partition coefficient (Wildman–Crippen LogP) is 6.01. The first-order chi connectivity index (χ1) is 22.2. The largest absolute Gasteiger partial charge is 0.493 e. The SMILES string of the molecule is C=C/C=C\C(=C/C)N1C(=O)/C(=C/c2ccc(OC(C)=O)c(OC)c2)C(=O)N=C1SCC(=O)NC(c1ccccc1)c1ccccc1. The lowest BCUT2D eigenvalue weighted by atomic mass is 9.99. The molecule has 3 aromatic rings. The van der Waals surface area contributed by atoms with Crippen molar-refractivity contribution in [1.29, 1.82) is 0 Å². The summed E-state index contributed by atoms with van der Waals surface area (Å²) in [6.45, 7) is 6.71. The minimum Gasteiger partial charge on any atom is -0.493 e. The monoisotopic (exact) mass is 635 g/mol. The second kappa shape index (κ2) is 16.0. The fraction of sp³-hybridized carbons (Fsp3) is 0.139. The molecule has 0 unspecified atom stereocenters. The molecule has 3 amide bonds. The summed E-state index contributed by atoms with van der Waals surface area (Å²) in [5, 5.41) is 3.13. The second-order valence-corrected chi connectivity index (χ2v) is 10.8. The maximum atomic E-state index is 13.9. The third-order valence-corrected chi connectivity index (χ3v) is 7.60. The number of nitrogens with zero attached hydrogens (tertiary/aromatic N) is 2. The third-order valence-electron chi connectivity index (χ3n) is 6.67. The van der Waals surface area contributed by atoms with E-state index in [4.69, 9.17) is 9.47 Å². The predicted molar refractivity (Wildman–Crippen MR) is 180 cm³/mol. The number of nitrogens with one attached hydrogen (secondary N) is 1. The molecule has 0 aliphatic carbocycles. The van der Waals surface area contributed by atoms with Gasteiger partial charge in [-0.2, -0.15) is 4.99 Å². The number of carbonyl (C=O) groups excluding carboxylic acids is 4. The van der Waals surface area contributed by atoms with Crippen LogP contribution in [0.2, 0.25) is 0 Å². The zero-order valence-corrected chi connectivity index (χ0v) is 26.5. The molecule has 0 bridgehead atoms. The molecule has 0 aromatic heterocycles. The average molecular weight is 636 g/mol. The van der Waals surface area contributed by atoms with Gasteiger partial charge in [0.05, 0.1) is 18.9 Å². The van der Waals surface area contributed by atoms with E-state index in [9.17, 15) is 19.2 Å². The molecule has 4 rings (SSSR count). The summed E-state index contributed by atoms with van der Waals surface area (Å²) >= 11 is 0.979. The fourth-order valence-corrected chi connectivity index (χ4v) is 5.38. The van der Waals surface area contributed by atoms with Gasteiger partial charge in [0, 0.05) is 12.6 Å². The van der Waals surface area contributed by atoms with Gasteiger partial charge in [-0.15, -0.1) is 0 Å². The van der Waals surface area contributed by atoms with E-state index in [2.05, 4.69) is 16.9 Å². The lowest BCUT2D eigenvalue weighted by Crippen LogP contribution is -2.42. The Morgan fingerprint density at radius 1 is 1.00 bits per heavy atom. The van der Waals surface area contributed by atoms with E-state index in [0.717, 1.165) is 22.9 Å². The lowest BCUT2D eigenvalue weighted by Gasteiger charge is -2.28. The number of amidine groups is 1. The lowest BCUT2D eigenvalue weighted by molar-refractivity contribution is -0.132. The minimum atomic E-state index is -0.762. The van der Waals surface area contributed by atoms with Gasteiger partial charge in [0.1, 0.15) is 5.57 Å². The highest BCUT2D eigenvalue weighted by Gasteiger charge is 2.35. The van der Waals surface area contributed by atoms with Gasteiger partial charge in [0.2, 0.25) is 5.91 Å². The Hall–Kier alpha value is -5.48. The molecule has 0 radical (unpaired) electrons. The molecule has 10 heteroatoms. The van der Waals surface area contributed by atoms with Crippen LogP contribution in [0.25, 0.3) is 6.08 Å². The highest BCUT2D eigenvalue weighted by Crippen LogP contribution is 2.31. The molecule has 1 aliphatic rings. The van der Waals surface area contributed by atoms with Crippen LogP contribution < -0.4 is 14.8 Å². The van der Waals surface area contributed by atoms with E-state index in [1.807, 2.05) is 60.7 Å². The summed E-state index contributed by atoms with van der Waals surface area (Å²) in [5.74, 6) is -1.89. The Morgan fingerprint density at radius 3 is 2.22 bits per heavy atom. The van der Waals surface area contributed by atoms with Crippen LogP contribution in [0.5, 0.6) is 11.5 Å². The van der Waals surface area contributed by atoms with Crippen molar-refractivity contribution >= 4 is 46.7 Å². The molecular formula is C36H33N3O6S. The number of ether oxygens (including phenoxy) is 2. The zero-order valence-electron chi connectivity index (χ0n) is 25.6. The number of benzene rings is 3. The van der Waals surface area contributed by atoms with Gasteiger partial charge < -0.3 is 14.8 Å². The maximum absolute atomic E-state index is 13.9. The summed E-state index contributed by atoms with van der Waals surface area (Å²) in [6.07, 6.45) is 7.96. The highest BCUT2D eigenvalue weighted by atomic mass is 32.2. The van der Waals surface area contributed by atoms with Crippen molar-refractivity contribution in [3.8, 4) is 11.5 Å². The van der Waals surface area contributed by atoms with Gasteiger partial charge in [-0.1, -0.05) is 103 Å². The summed E-state index contributed by atoms with van der Waals surface area (Å²) in [5.41, 5.74) is 2.51. The van der Waals surface area contributed by atoms with Gasteiger partial charge in [0.25, 0.3) is 11.8 Å². The van der Waals surface area contributed by atoms with Crippen LogP contribution in [0.15, 0.2) is 126 Å². The fourth-order valence-electron chi connectivity index (χ4n) is 4.57. The molecule has 9 nitrogen and oxygen atoms in total. The van der Waals surface area contributed by atoms with E-state index < -0.39 is 23.8 Å². The Bertz CT molecular complexity index is 1710. The van der Waals surface area contributed by atoms with Crippen molar-refractivity contribution in [3.63, 3.8) is 0 Å². The number of esters is 1. The zero-order chi connectivity index (χ0) is 33.1. The number of allylic oxidation sites excluding steroid dienone is 4. The van der Waals surface area contributed by atoms with Gasteiger partial charge in [-0.05, 0) is 47.9 Å². The van der Waals surface area contributed by atoms with Crippen LogP contribution >= 0.6 is 11.8 Å². The molecule has 0 atom stereocenters. The highest BCUT2D eigenvalue weighted by molar-refractivity contribution is 8.14. The molecular weight excluding hydrogens is 602 g/mol. The van der Waals surface area contributed by atoms with E-state index in [0.29, 0.717) is 11.3 Å². The third kappa shape index (κ3) is 8.36. The van der Waals surface area contributed by atoms with Gasteiger partial charge in [-0.3, -0.25) is 24.1 Å². The number of carbonyl (C=O) groups is 4. The van der Waals surface area contributed by atoms with Crippen molar-refractivity contribution < 1.29 is 28.7 Å². The van der Waals surface area contributed by atoms with E-state index in [-0.39, 0.29) is 33.9 Å². The summed E-state index contributed by atoms with van der Waals surface area (Å²) in [6, 6.07) is 23.4. The van der Waals surface area contributed by atoms with E-state index in [1.54, 1.807) is 43.4 Å². The van der Waals surface area contributed by atoms with Gasteiger partial charge in [0.15, 0.2) is 16.7 Å². The number of hydrogen-bond acceptors (Lipinski definition) is 7. The number of amides is 3. The maximum Gasteiger partial charge on any atom is 0.308 e. The standard InChI is InChI=1S/C36H33N3O6S/c1-5-7-18-28(6-2)39-35(43)29(21-25-19-20-30(45-24(3)40)31(22-25)44-4)34(42)38-36(39)46-23-32(41)37-33(26-14-10-8-11-15-26)27-16-12-9-13-17-27/h5-22,33H,1,23H2,2-4H3,(H,37,41)/b18-7-,28-6+,29-21+. The van der Waals surface area contributed by atoms with Gasteiger partial charge in [-0.25, -0.2) is 0 Å². The number of thioether (sulfide) groups is 1. The normalized spacial score (nSPS) is 14.4. The Labute approximate surface area is 272 Å². The summed E-state index contributed by atoms with van der Waals surface area (Å²) in [4.78, 5) is 57.5. The van der Waals surface area contributed by atoms with Crippen molar-refractivity contribution in [2.45, 2.75) is 19.9 Å². The molecule has 3 aromatic carbocycles. The molecule has 1 N–H and O–H groups in total. The van der Waals surface area contributed by atoms with Crippen LogP contribution in [0, 0.1) is 0 Å². The molecule has 1 heterocycles. The van der Waals surface area contributed by atoms with Crippen LogP contribution in [-0.2, 0) is 19.2 Å².